The van der Waals surface area contributed by atoms with Crippen molar-refractivity contribution >= 4 is 5.97 Å². The number of hydrogen-bond donors (Lipinski definition) is 1. The lowest BCUT2D eigenvalue weighted by molar-refractivity contribution is -0.168. The number of aliphatic hydroxyl groups excluding tert-OH is 1. The van der Waals surface area contributed by atoms with E-state index in [1.54, 1.807) is 0 Å². The van der Waals surface area contributed by atoms with Gasteiger partial charge in [-0.2, -0.15) is 0 Å². The first-order valence-electron chi connectivity index (χ1n) is 14.1. The molecule has 0 aromatic rings. The Hall–Kier alpha value is -0.730. The zero-order valence-corrected chi connectivity index (χ0v) is 22.8. The highest BCUT2D eigenvalue weighted by molar-refractivity contribution is 5.69. The van der Waals surface area contributed by atoms with Crippen molar-refractivity contribution in [3.8, 4) is 0 Å². The second kappa shape index (κ2) is 27.9. The Morgan fingerprint density at radius 2 is 1.20 bits per heavy atom. The lowest BCUT2D eigenvalue weighted by Gasteiger charge is -2.19. The zero-order chi connectivity index (χ0) is 25.8. The molecule has 35 heavy (non-hydrogen) atoms. The van der Waals surface area contributed by atoms with Crippen LogP contribution in [-0.4, -0.2) is 70.2 Å². The monoisotopic (exact) mass is 503 g/mol. The van der Waals surface area contributed by atoms with Gasteiger partial charge in [0.05, 0.1) is 39.5 Å². The first-order chi connectivity index (χ1) is 17.1. The molecule has 0 bridgehead atoms. The van der Waals surface area contributed by atoms with Crippen LogP contribution in [-0.2, 0) is 28.5 Å². The van der Waals surface area contributed by atoms with E-state index in [9.17, 15) is 4.79 Å². The molecule has 0 spiro atoms. The van der Waals surface area contributed by atoms with E-state index in [1.165, 1.54) is 64.2 Å². The normalized spacial score (nSPS) is 12.4. The Morgan fingerprint density at radius 3 is 1.69 bits per heavy atom. The average molecular weight is 504 g/mol. The fourth-order valence-electron chi connectivity index (χ4n) is 3.44. The molecule has 1 atom stereocenters. The fourth-order valence-corrected chi connectivity index (χ4v) is 3.44. The van der Waals surface area contributed by atoms with Gasteiger partial charge in [0.25, 0.3) is 0 Å². The maximum absolute atomic E-state index is 12.0. The van der Waals surface area contributed by atoms with E-state index in [0.717, 1.165) is 26.1 Å². The third-order valence-corrected chi connectivity index (χ3v) is 5.67. The van der Waals surface area contributed by atoms with Gasteiger partial charge in [-0.1, -0.05) is 78.1 Å². The van der Waals surface area contributed by atoms with Crippen LogP contribution in [0.25, 0.3) is 0 Å². The van der Waals surface area contributed by atoms with Gasteiger partial charge >= 0.3 is 5.97 Å². The zero-order valence-electron chi connectivity index (χ0n) is 22.8. The Labute approximate surface area is 215 Å². The maximum Gasteiger partial charge on any atom is 0.305 e. The van der Waals surface area contributed by atoms with Gasteiger partial charge in [-0.25, -0.2) is 0 Å². The number of unbranched alkanes of at least 4 members (excludes halogenated alkanes) is 10. The summed E-state index contributed by atoms with van der Waals surface area (Å²) in [5, 5.41) is 8.99. The standard InChI is InChI=1S/C28H55O7/c1-4-6-8-10-12-14-18-31-20-22-33-28(17-16-27(30)35-25-26(3)24-29)34-23-21-32-19-15-13-11-9-7-5-2/h26,28-29H,3-25H2,1-2H3. The van der Waals surface area contributed by atoms with Crippen molar-refractivity contribution < 1.29 is 33.6 Å². The van der Waals surface area contributed by atoms with E-state index in [4.69, 9.17) is 28.8 Å². The minimum atomic E-state index is -0.508. The lowest BCUT2D eigenvalue weighted by atomic mass is 10.1. The molecule has 0 aliphatic heterocycles. The first-order valence-corrected chi connectivity index (χ1v) is 14.1. The number of rotatable bonds is 28. The molecule has 0 rings (SSSR count). The predicted octanol–water partition coefficient (Wildman–Crippen LogP) is 5.87. The third-order valence-electron chi connectivity index (χ3n) is 5.67. The summed E-state index contributed by atoms with van der Waals surface area (Å²) in [4.78, 5) is 12.0. The molecular formula is C28H55O7. The molecule has 0 aliphatic rings. The molecule has 7 nitrogen and oxygen atoms in total. The van der Waals surface area contributed by atoms with E-state index in [-0.39, 0.29) is 31.5 Å². The molecular weight excluding hydrogens is 448 g/mol. The molecule has 0 fully saturated rings. The topological polar surface area (TPSA) is 83.5 Å². The molecule has 1 radical (unpaired) electrons. The summed E-state index contributed by atoms with van der Waals surface area (Å²) in [5.74, 6) is -0.655. The molecule has 0 aliphatic carbocycles. The fraction of sp³-hybridized carbons (Fsp3) is 0.929. The van der Waals surface area contributed by atoms with Crippen molar-refractivity contribution in [2.75, 3.05) is 52.9 Å². The number of carbonyl (C=O) groups excluding carboxylic acids is 1. The summed E-state index contributed by atoms with van der Waals surface area (Å²) in [7, 11) is 0. The SMILES string of the molecule is [CH2]C(CO)COC(=O)CCC(OCCOCCCCCCCC)OCCOCCCCCCCC. The summed E-state index contributed by atoms with van der Waals surface area (Å²) in [6.45, 7) is 11.5. The van der Waals surface area contributed by atoms with Crippen molar-refractivity contribution in [1.29, 1.82) is 0 Å². The van der Waals surface area contributed by atoms with Crippen molar-refractivity contribution in [2.24, 2.45) is 5.92 Å². The Kier molecular flexibility index (Phi) is 27.3. The Balaban J connectivity index is 4.02. The number of ether oxygens (including phenoxy) is 5. The minimum absolute atomic E-state index is 0.111. The smallest absolute Gasteiger partial charge is 0.305 e. The van der Waals surface area contributed by atoms with Gasteiger partial charge in [0, 0.05) is 32.2 Å². The van der Waals surface area contributed by atoms with E-state index >= 15 is 0 Å². The summed E-state index contributed by atoms with van der Waals surface area (Å²) in [5.41, 5.74) is 0. The Bertz CT molecular complexity index is 410. The summed E-state index contributed by atoms with van der Waals surface area (Å²) >= 11 is 0. The van der Waals surface area contributed by atoms with Crippen molar-refractivity contribution in [3.05, 3.63) is 6.92 Å². The molecule has 7 heteroatoms. The quantitative estimate of drug-likeness (QED) is 0.0812. The maximum atomic E-state index is 12.0. The van der Waals surface area contributed by atoms with Crippen LogP contribution in [0.5, 0.6) is 0 Å². The van der Waals surface area contributed by atoms with E-state index in [2.05, 4.69) is 20.8 Å². The second-order valence-electron chi connectivity index (χ2n) is 9.20. The van der Waals surface area contributed by atoms with Crippen molar-refractivity contribution in [2.45, 2.75) is 110 Å². The molecule has 0 heterocycles. The van der Waals surface area contributed by atoms with Crippen LogP contribution in [0, 0.1) is 12.8 Å². The van der Waals surface area contributed by atoms with Crippen LogP contribution in [0.15, 0.2) is 0 Å². The number of esters is 1. The molecule has 1 N–H and O–H groups in total. The van der Waals surface area contributed by atoms with Crippen LogP contribution in [0.3, 0.4) is 0 Å². The molecule has 1 unspecified atom stereocenters. The van der Waals surface area contributed by atoms with Gasteiger partial charge in [-0.05, 0) is 19.8 Å². The predicted molar refractivity (Wildman–Crippen MR) is 140 cm³/mol. The molecule has 0 saturated heterocycles. The third kappa shape index (κ3) is 26.2. The van der Waals surface area contributed by atoms with Crippen LogP contribution >= 0.6 is 0 Å². The molecule has 0 amide bonds. The lowest BCUT2D eigenvalue weighted by Crippen LogP contribution is -2.24. The highest BCUT2D eigenvalue weighted by Crippen LogP contribution is 2.09. The van der Waals surface area contributed by atoms with Crippen molar-refractivity contribution in [3.63, 3.8) is 0 Å². The van der Waals surface area contributed by atoms with Crippen LogP contribution in [0.4, 0.5) is 0 Å². The summed E-state index contributed by atoms with van der Waals surface area (Å²) in [6, 6.07) is 0. The molecule has 0 aromatic carbocycles. The molecule has 209 valence electrons. The van der Waals surface area contributed by atoms with Crippen molar-refractivity contribution in [1.82, 2.24) is 0 Å². The minimum Gasteiger partial charge on any atom is -0.465 e. The highest BCUT2D eigenvalue weighted by atomic mass is 16.7. The summed E-state index contributed by atoms with van der Waals surface area (Å²) in [6.07, 6.45) is 14.9. The van der Waals surface area contributed by atoms with Gasteiger partial charge in [0.1, 0.15) is 0 Å². The molecule has 0 aromatic heterocycles. The van der Waals surface area contributed by atoms with Gasteiger partial charge in [-0.15, -0.1) is 0 Å². The average Bonchev–Trinajstić information content (AvgIpc) is 2.87. The highest BCUT2D eigenvalue weighted by Gasteiger charge is 2.14. The largest absolute Gasteiger partial charge is 0.465 e. The van der Waals surface area contributed by atoms with Gasteiger partial charge < -0.3 is 28.8 Å². The second-order valence-corrected chi connectivity index (χ2v) is 9.20. The summed E-state index contributed by atoms with van der Waals surface area (Å²) < 4.78 is 28.1. The van der Waals surface area contributed by atoms with E-state index in [1.807, 2.05) is 0 Å². The van der Waals surface area contributed by atoms with Crippen LogP contribution in [0.2, 0.25) is 0 Å². The van der Waals surface area contributed by atoms with Gasteiger partial charge in [-0.3, -0.25) is 4.79 Å². The first kappa shape index (κ1) is 34.3. The number of carbonyl (C=O) groups is 1. The van der Waals surface area contributed by atoms with E-state index in [0.29, 0.717) is 32.8 Å². The van der Waals surface area contributed by atoms with Gasteiger partial charge in [0.2, 0.25) is 0 Å². The number of aliphatic hydroxyl groups is 1. The van der Waals surface area contributed by atoms with Crippen LogP contribution in [0.1, 0.15) is 104 Å². The number of hydrogen-bond acceptors (Lipinski definition) is 7. The Morgan fingerprint density at radius 1 is 0.714 bits per heavy atom. The molecule has 0 saturated carbocycles. The van der Waals surface area contributed by atoms with E-state index < -0.39 is 6.29 Å². The van der Waals surface area contributed by atoms with Gasteiger partial charge in [0.15, 0.2) is 6.29 Å². The van der Waals surface area contributed by atoms with Crippen LogP contribution < -0.4 is 0 Å².